The van der Waals surface area contributed by atoms with Crippen LogP contribution in [0.4, 0.5) is 0 Å². The third kappa shape index (κ3) is 4.59. The largest absolute Gasteiger partial charge is 0.467 e. The average Bonchev–Trinajstić information content (AvgIpc) is 2.59. The first-order valence-corrected chi connectivity index (χ1v) is 7.73. The molecule has 0 radical (unpaired) electrons. The molecule has 2 rings (SSSR count). The van der Waals surface area contributed by atoms with E-state index in [1.165, 1.54) is 7.11 Å². The van der Waals surface area contributed by atoms with E-state index in [0.29, 0.717) is 17.1 Å². The number of para-hydroxylation sites is 1. The molecule has 0 heterocycles. The molecule has 0 unspecified atom stereocenters. The summed E-state index contributed by atoms with van der Waals surface area (Å²) >= 11 is 0. The fourth-order valence-corrected chi connectivity index (χ4v) is 2.17. The number of amides is 1. The summed E-state index contributed by atoms with van der Waals surface area (Å²) in [6.45, 7) is 3.69. The van der Waals surface area contributed by atoms with E-state index in [9.17, 15) is 9.59 Å². The summed E-state index contributed by atoms with van der Waals surface area (Å²) in [6.07, 6.45) is 0. The Labute approximate surface area is 141 Å². The number of carbonyl (C=O) groups is 2. The van der Waals surface area contributed by atoms with Crippen LogP contribution >= 0.6 is 0 Å². The van der Waals surface area contributed by atoms with Crippen molar-refractivity contribution in [2.45, 2.75) is 19.9 Å². The summed E-state index contributed by atoms with van der Waals surface area (Å²) in [5.41, 5.74) is 0.415. The number of ether oxygens (including phenoxy) is 2. The minimum Gasteiger partial charge on any atom is -0.467 e. The van der Waals surface area contributed by atoms with Crippen LogP contribution in [-0.4, -0.2) is 25.0 Å². The van der Waals surface area contributed by atoms with Gasteiger partial charge in [0.05, 0.1) is 7.11 Å². The zero-order chi connectivity index (χ0) is 17.5. The minimum atomic E-state index is -0.693. The summed E-state index contributed by atoms with van der Waals surface area (Å²) in [5.74, 6) is 0.343. The maximum absolute atomic E-state index is 12.4. The van der Waals surface area contributed by atoms with E-state index < -0.39 is 12.0 Å². The summed E-state index contributed by atoms with van der Waals surface area (Å²) < 4.78 is 10.5. The lowest BCUT2D eigenvalue weighted by atomic mass is 10.0. The van der Waals surface area contributed by atoms with Crippen LogP contribution in [0.15, 0.2) is 54.6 Å². The van der Waals surface area contributed by atoms with E-state index in [4.69, 9.17) is 9.47 Å². The van der Waals surface area contributed by atoms with Gasteiger partial charge in [-0.15, -0.1) is 0 Å². The fourth-order valence-electron chi connectivity index (χ4n) is 2.17. The van der Waals surface area contributed by atoms with Gasteiger partial charge in [-0.1, -0.05) is 38.1 Å². The predicted molar refractivity (Wildman–Crippen MR) is 91.1 cm³/mol. The SMILES string of the molecule is COC(=O)[C@H](NC(=O)c1cccc(Oc2ccccc2)c1)C(C)C. The van der Waals surface area contributed by atoms with Crippen molar-refractivity contribution in [3.05, 3.63) is 60.2 Å². The Kier molecular flexibility index (Phi) is 5.95. The van der Waals surface area contributed by atoms with Crippen LogP contribution in [0.5, 0.6) is 11.5 Å². The Morgan fingerprint density at radius 3 is 2.25 bits per heavy atom. The lowest BCUT2D eigenvalue weighted by Crippen LogP contribution is -2.45. The molecule has 5 heteroatoms. The topological polar surface area (TPSA) is 64.6 Å². The van der Waals surface area contributed by atoms with Crippen LogP contribution in [0.25, 0.3) is 0 Å². The van der Waals surface area contributed by atoms with Crippen LogP contribution in [0.2, 0.25) is 0 Å². The first kappa shape index (κ1) is 17.5. The van der Waals surface area contributed by atoms with Gasteiger partial charge in [-0.3, -0.25) is 4.79 Å². The molecule has 0 aliphatic rings. The smallest absolute Gasteiger partial charge is 0.328 e. The lowest BCUT2D eigenvalue weighted by Gasteiger charge is -2.19. The van der Waals surface area contributed by atoms with E-state index in [-0.39, 0.29) is 11.8 Å². The molecule has 24 heavy (non-hydrogen) atoms. The van der Waals surface area contributed by atoms with Gasteiger partial charge in [0.1, 0.15) is 17.5 Å². The molecule has 1 amide bonds. The molecule has 0 saturated carbocycles. The van der Waals surface area contributed by atoms with Gasteiger partial charge in [0.25, 0.3) is 5.91 Å². The number of hydrogen-bond donors (Lipinski definition) is 1. The van der Waals surface area contributed by atoms with Crippen molar-refractivity contribution in [2.24, 2.45) is 5.92 Å². The quantitative estimate of drug-likeness (QED) is 0.826. The van der Waals surface area contributed by atoms with Gasteiger partial charge in [0.15, 0.2) is 0 Å². The molecule has 0 saturated heterocycles. The zero-order valence-electron chi connectivity index (χ0n) is 14.0. The van der Waals surface area contributed by atoms with Gasteiger partial charge < -0.3 is 14.8 Å². The summed E-state index contributed by atoms with van der Waals surface area (Å²) in [7, 11) is 1.30. The van der Waals surface area contributed by atoms with E-state index >= 15 is 0 Å². The third-order valence-corrected chi connectivity index (χ3v) is 3.48. The van der Waals surface area contributed by atoms with Crippen molar-refractivity contribution in [3.63, 3.8) is 0 Å². The van der Waals surface area contributed by atoms with Crippen LogP contribution in [0, 0.1) is 5.92 Å². The maximum atomic E-state index is 12.4. The first-order valence-electron chi connectivity index (χ1n) is 7.73. The van der Waals surface area contributed by atoms with Gasteiger partial charge in [-0.2, -0.15) is 0 Å². The molecule has 0 fully saturated rings. The Bertz CT molecular complexity index is 698. The highest BCUT2D eigenvalue weighted by atomic mass is 16.5. The molecule has 0 aliphatic heterocycles. The van der Waals surface area contributed by atoms with Crippen LogP contribution < -0.4 is 10.1 Å². The number of esters is 1. The fraction of sp³-hybridized carbons (Fsp3) is 0.263. The molecule has 1 atom stereocenters. The standard InChI is InChI=1S/C19H21NO4/c1-13(2)17(19(22)23-3)20-18(21)14-8-7-11-16(12-14)24-15-9-5-4-6-10-15/h4-13,17H,1-3H3,(H,20,21)/t17-/m1/s1. The van der Waals surface area contributed by atoms with E-state index in [1.54, 1.807) is 24.3 Å². The zero-order valence-corrected chi connectivity index (χ0v) is 14.0. The highest BCUT2D eigenvalue weighted by Gasteiger charge is 2.25. The Morgan fingerprint density at radius 2 is 1.62 bits per heavy atom. The monoisotopic (exact) mass is 327 g/mol. The molecule has 5 nitrogen and oxygen atoms in total. The number of nitrogens with one attached hydrogen (secondary N) is 1. The normalized spacial score (nSPS) is 11.7. The molecule has 126 valence electrons. The first-order chi connectivity index (χ1) is 11.5. The van der Waals surface area contributed by atoms with Gasteiger partial charge in [0, 0.05) is 5.56 Å². The number of benzene rings is 2. The second kappa shape index (κ2) is 8.15. The highest BCUT2D eigenvalue weighted by molar-refractivity contribution is 5.97. The molecular formula is C19H21NO4. The van der Waals surface area contributed by atoms with Crippen molar-refractivity contribution < 1.29 is 19.1 Å². The van der Waals surface area contributed by atoms with E-state index in [1.807, 2.05) is 44.2 Å². The van der Waals surface area contributed by atoms with E-state index in [0.717, 1.165) is 0 Å². The number of hydrogen-bond acceptors (Lipinski definition) is 4. The lowest BCUT2D eigenvalue weighted by molar-refractivity contribution is -0.144. The number of rotatable bonds is 6. The van der Waals surface area contributed by atoms with Crippen molar-refractivity contribution in [3.8, 4) is 11.5 Å². The van der Waals surface area contributed by atoms with Crippen LogP contribution in [0.3, 0.4) is 0 Å². The Morgan fingerprint density at radius 1 is 0.958 bits per heavy atom. The van der Waals surface area contributed by atoms with Crippen molar-refractivity contribution >= 4 is 11.9 Å². The summed E-state index contributed by atoms with van der Waals surface area (Å²) in [4.78, 5) is 24.2. The average molecular weight is 327 g/mol. The second-order valence-corrected chi connectivity index (χ2v) is 5.66. The molecule has 0 spiro atoms. The van der Waals surface area contributed by atoms with Gasteiger partial charge in [0.2, 0.25) is 0 Å². The molecule has 2 aromatic carbocycles. The predicted octanol–water partition coefficient (Wildman–Crippen LogP) is 3.41. The number of methoxy groups -OCH3 is 1. The van der Waals surface area contributed by atoms with Gasteiger partial charge in [-0.05, 0) is 36.2 Å². The highest BCUT2D eigenvalue weighted by Crippen LogP contribution is 2.22. The third-order valence-electron chi connectivity index (χ3n) is 3.48. The molecule has 2 aromatic rings. The molecule has 0 bridgehead atoms. The summed E-state index contributed by atoms with van der Waals surface area (Å²) in [5, 5.41) is 2.71. The minimum absolute atomic E-state index is 0.0786. The maximum Gasteiger partial charge on any atom is 0.328 e. The Hall–Kier alpha value is -2.82. The van der Waals surface area contributed by atoms with Gasteiger partial charge in [-0.25, -0.2) is 4.79 Å². The molecular weight excluding hydrogens is 306 g/mol. The second-order valence-electron chi connectivity index (χ2n) is 5.66. The van der Waals surface area contributed by atoms with Crippen molar-refractivity contribution in [1.29, 1.82) is 0 Å². The molecule has 0 aliphatic carbocycles. The van der Waals surface area contributed by atoms with Crippen LogP contribution in [-0.2, 0) is 9.53 Å². The van der Waals surface area contributed by atoms with Crippen molar-refractivity contribution in [1.82, 2.24) is 5.32 Å². The summed E-state index contributed by atoms with van der Waals surface area (Å²) in [6, 6.07) is 15.4. The molecule has 0 aromatic heterocycles. The van der Waals surface area contributed by atoms with Gasteiger partial charge >= 0.3 is 5.97 Å². The number of carbonyl (C=O) groups excluding carboxylic acids is 2. The van der Waals surface area contributed by atoms with Crippen molar-refractivity contribution in [2.75, 3.05) is 7.11 Å². The van der Waals surface area contributed by atoms with Crippen LogP contribution in [0.1, 0.15) is 24.2 Å². The van der Waals surface area contributed by atoms with E-state index in [2.05, 4.69) is 5.32 Å². The Balaban J connectivity index is 2.12. The molecule has 1 N–H and O–H groups in total.